The summed E-state index contributed by atoms with van der Waals surface area (Å²) in [6.07, 6.45) is 0. The van der Waals surface area contributed by atoms with Crippen molar-refractivity contribution in [2.75, 3.05) is 12.1 Å². The number of nitriles is 1. The molecule has 1 aromatic carbocycles. The van der Waals surface area contributed by atoms with Gasteiger partial charge in [-0.15, -0.1) is 0 Å². The molecule has 3 N–H and O–H groups in total. The molecule has 1 rings (SSSR count). The van der Waals surface area contributed by atoms with Crippen LogP contribution in [0.15, 0.2) is 35.4 Å². The molecule has 0 aliphatic carbocycles. The number of nitrogens with one attached hydrogen (secondary N) is 1. The van der Waals surface area contributed by atoms with Crippen molar-refractivity contribution in [3.05, 3.63) is 30.3 Å². The molecule has 16 heavy (non-hydrogen) atoms. The predicted molar refractivity (Wildman–Crippen MR) is 60.2 cm³/mol. The molecular formula is C10H11N5O. The van der Waals surface area contributed by atoms with E-state index >= 15 is 0 Å². The first-order valence-corrected chi connectivity index (χ1v) is 4.47. The first kappa shape index (κ1) is 11.7. The molecule has 0 fully saturated rings. The number of rotatable bonds is 3. The lowest BCUT2D eigenvalue weighted by Crippen LogP contribution is -2.36. The van der Waals surface area contributed by atoms with Crippen LogP contribution in [0.2, 0.25) is 0 Å². The highest BCUT2D eigenvalue weighted by atomic mass is 16.2. The minimum atomic E-state index is -0.717. The Labute approximate surface area is 92.9 Å². The molecule has 1 aromatic rings. The van der Waals surface area contributed by atoms with Crippen molar-refractivity contribution in [3.63, 3.8) is 0 Å². The fraction of sp³-hybridized carbons (Fsp3) is 0.100. The van der Waals surface area contributed by atoms with Crippen molar-refractivity contribution < 1.29 is 4.79 Å². The van der Waals surface area contributed by atoms with Gasteiger partial charge in [0.05, 0.1) is 5.69 Å². The van der Waals surface area contributed by atoms with E-state index in [1.54, 1.807) is 25.2 Å². The summed E-state index contributed by atoms with van der Waals surface area (Å²) >= 11 is 0. The molecule has 0 saturated heterocycles. The third kappa shape index (κ3) is 2.80. The Morgan fingerprint density at radius 1 is 1.50 bits per heavy atom. The van der Waals surface area contributed by atoms with Gasteiger partial charge in [0.15, 0.2) is 0 Å². The van der Waals surface area contributed by atoms with Crippen LogP contribution in [0.25, 0.3) is 0 Å². The van der Waals surface area contributed by atoms with E-state index in [1.165, 1.54) is 5.01 Å². The first-order chi connectivity index (χ1) is 7.69. The summed E-state index contributed by atoms with van der Waals surface area (Å²) in [4.78, 5) is 11.1. The lowest BCUT2D eigenvalue weighted by atomic mass is 10.3. The Kier molecular flexibility index (Phi) is 4.00. The number of amides is 1. The molecule has 0 bridgehead atoms. The normalized spacial score (nSPS) is 10.4. The zero-order chi connectivity index (χ0) is 12.0. The zero-order valence-corrected chi connectivity index (χ0v) is 8.71. The first-order valence-electron chi connectivity index (χ1n) is 4.47. The van der Waals surface area contributed by atoms with Gasteiger partial charge in [-0.3, -0.25) is 15.2 Å². The van der Waals surface area contributed by atoms with Crippen LogP contribution in [0.4, 0.5) is 5.69 Å². The van der Waals surface area contributed by atoms with E-state index in [2.05, 4.69) is 5.10 Å². The third-order valence-corrected chi connectivity index (χ3v) is 1.83. The van der Waals surface area contributed by atoms with Gasteiger partial charge in [0.25, 0.3) is 5.91 Å². The molecule has 6 nitrogen and oxygen atoms in total. The Hall–Kier alpha value is -2.39. The van der Waals surface area contributed by atoms with Gasteiger partial charge in [0.1, 0.15) is 6.07 Å². The monoisotopic (exact) mass is 217 g/mol. The standard InChI is InChI=1S/C10H11N5O/c1-15(8-5-3-2-4-6-8)14-9(7-11)10(16)13-12/h2-6H,12H2,1H3,(H,13,16). The lowest BCUT2D eigenvalue weighted by Gasteiger charge is -2.12. The summed E-state index contributed by atoms with van der Waals surface area (Å²) in [6, 6.07) is 10.8. The number of hydrazone groups is 1. The minimum absolute atomic E-state index is 0.297. The maximum atomic E-state index is 11.1. The zero-order valence-electron chi connectivity index (χ0n) is 8.71. The number of hydrogen-bond acceptors (Lipinski definition) is 5. The van der Waals surface area contributed by atoms with Gasteiger partial charge in [0, 0.05) is 7.05 Å². The molecular weight excluding hydrogens is 206 g/mol. The van der Waals surface area contributed by atoms with Gasteiger partial charge in [-0.1, -0.05) is 18.2 Å². The molecule has 0 heterocycles. The Bertz CT molecular complexity index is 434. The minimum Gasteiger partial charge on any atom is -0.288 e. The maximum absolute atomic E-state index is 11.1. The number of benzene rings is 1. The highest BCUT2D eigenvalue weighted by Gasteiger charge is 2.10. The molecule has 0 radical (unpaired) electrons. The van der Waals surface area contributed by atoms with Crippen LogP contribution in [0, 0.1) is 11.3 Å². The van der Waals surface area contributed by atoms with Gasteiger partial charge in [-0.2, -0.15) is 10.4 Å². The van der Waals surface area contributed by atoms with Crippen molar-refractivity contribution >= 4 is 17.3 Å². The highest BCUT2D eigenvalue weighted by Crippen LogP contribution is 2.10. The average molecular weight is 217 g/mol. The molecule has 0 atom stereocenters. The van der Waals surface area contributed by atoms with Crippen molar-refractivity contribution in [3.8, 4) is 6.07 Å². The van der Waals surface area contributed by atoms with Crippen molar-refractivity contribution in [1.82, 2.24) is 5.43 Å². The largest absolute Gasteiger partial charge is 0.296 e. The molecule has 0 aromatic heterocycles. The van der Waals surface area contributed by atoms with Crippen molar-refractivity contribution in [2.45, 2.75) is 0 Å². The van der Waals surface area contributed by atoms with Crippen LogP contribution >= 0.6 is 0 Å². The van der Waals surface area contributed by atoms with Crippen molar-refractivity contribution in [2.24, 2.45) is 10.9 Å². The molecule has 0 aliphatic rings. The summed E-state index contributed by atoms with van der Waals surface area (Å²) in [5, 5.41) is 14.0. The molecule has 1 amide bonds. The van der Waals surface area contributed by atoms with Gasteiger partial charge in [-0.05, 0) is 12.1 Å². The van der Waals surface area contributed by atoms with Crippen LogP contribution < -0.4 is 16.3 Å². The Morgan fingerprint density at radius 2 is 2.12 bits per heavy atom. The van der Waals surface area contributed by atoms with Crippen LogP contribution in [-0.2, 0) is 4.79 Å². The fourth-order valence-electron chi connectivity index (χ4n) is 1.04. The molecule has 0 unspecified atom stereocenters. The quantitative estimate of drug-likeness (QED) is 0.322. The maximum Gasteiger partial charge on any atom is 0.296 e. The number of nitrogens with zero attached hydrogens (tertiary/aromatic N) is 3. The summed E-state index contributed by atoms with van der Waals surface area (Å²) in [5.41, 5.74) is 2.32. The van der Waals surface area contributed by atoms with Gasteiger partial charge in [-0.25, -0.2) is 5.84 Å². The van der Waals surface area contributed by atoms with Crippen LogP contribution in [0.5, 0.6) is 0 Å². The van der Waals surface area contributed by atoms with Gasteiger partial charge < -0.3 is 0 Å². The van der Waals surface area contributed by atoms with Crippen LogP contribution in [0.3, 0.4) is 0 Å². The molecule has 0 aliphatic heterocycles. The summed E-state index contributed by atoms with van der Waals surface area (Å²) < 4.78 is 0. The topological polar surface area (TPSA) is 94.5 Å². The second kappa shape index (κ2) is 5.48. The van der Waals surface area contributed by atoms with E-state index in [0.29, 0.717) is 0 Å². The number of anilines is 1. The molecule has 0 saturated carbocycles. The lowest BCUT2D eigenvalue weighted by molar-refractivity contribution is -0.114. The summed E-state index contributed by atoms with van der Waals surface area (Å²) in [5.74, 6) is 4.20. The smallest absolute Gasteiger partial charge is 0.288 e. The van der Waals surface area contributed by atoms with E-state index in [0.717, 1.165) is 5.69 Å². The third-order valence-electron chi connectivity index (χ3n) is 1.83. The number of para-hydroxylation sites is 1. The average Bonchev–Trinajstić information content (AvgIpc) is 2.35. The van der Waals surface area contributed by atoms with Crippen molar-refractivity contribution in [1.29, 1.82) is 5.26 Å². The Morgan fingerprint density at radius 3 is 2.62 bits per heavy atom. The van der Waals surface area contributed by atoms with Gasteiger partial charge >= 0.3 is 0 Å². The van der Waals surface area contributed by atoms with E-state index in [-0.39, 0.29) is 5.71 Å². The number of carbonyl (C=O) groups excluding carboxylic acids is 1. The molecule has 6 heteroatoms. The number of carbonyl (C=O) groups is 1. The predicted octanol–water partition coefficient (Wildman–Crippen LogP) is -0.00772. The SMILES string of the molecule is CN(N=C(C#N)C(=O)NN)c1ccccc1. The van der Waals surface area contributed by atoms with E-state index in [1.807, 2.05) is 23.6 Å². The highest BCUT2D eigenvalue weighted by molar-refractivity contribution is 6.45. The molecule has 0 spiro atoms. The van der Waals surface area contributed by atoms with Crippen LogP contribution in [0.1, 0.15) is 0 Å². The summed E-state index contributed by atoms with van der Waals surface area (Å²) in [7, 11) is 1.64. The number of nitrogens with two attached hydrogens (primary N) is 1. The van der Waals surface area contributed by atoms with E-state index in [9.17, 15) is 4.79 Å². The van der Waals surface area contributed by atoms with Crippen LogP contribution in [-0.4, -0.2) is 18.7 Å². The Balaban J connectivity index is 2.91. The number of hydrazine groups is 1. The summed E-state index contributed by atoms with van der Waals surface area (Å²) in [6.45, 7) is 0. The number of hydrogen-bond donors (Lipinski definition) is 2. The van der Waals surface area contributed by atoms with E-state index < -0.39 is 5.91 Å². The van der Waals surface area contributed by atoms with E-state index in [4.69, 9.17) is 11.1 Å². The second-order valence-electron chi connectivity index (χ2n) is 2.89. The van der Waals surface area contributed by atoms with Gasteiger partial charge in [0.2, 0.25) is 5.71 Å². The fourth-order valence-corrected chi connectivity index (χ4v) is 1.04. The second-order valence-corrected chi connectivity index (χ2v) is 2.89. The molecule has 82 valence electrons.